The highest BCUT2D eigenvalue weighted by molar-refractivity contribution is 7.09. The van der Waals surface area contributed by atoms with Gasteiger partial charge in [-0.3, -0.25) is 0 Å². The number of nitrogens with zero attached hydrogens (tertiary/aromatic N) is 1. The van der Waals surface area contributed by atoms with Gasteiger partial charge in [-0.1, -0.05) is 0 Å². The number of aryl methyl sites for hydroxylation is 1. The standard InChI is InChI=1S/C11H17F3N2S/c1-8(10-9(2)16-7-17-10)15-6-4-3-5-11(12,13)14/h7-8,15H,3-6H2,1-2H3. The smallest absolute Gasteiger partial charge is 0.309 e. The van der Waals surface area contributed by atoms with Gasteiger partial charge in [0.15, 0.2) is 0 Å². The molecule has 1 unspecified atom stereocenters. The molecule has 1 aromatic rings. The van der Waals surface area contributed by atoms with E-state index in [9.17, 15) is 13.2 Å². The molecule has 0 bridgehead atoms. The SMILES string of the molecule is Cc1ncsc1C(C)NCCCCC(F)(F)F. The minimum atomic E-state index is -4.03. The molecule has 0 aromatic carbocycles. The van der Waals surface area contributed by atoms with E-state index < -0.39 is 12.6 Å². The van der Waals surface area contributed by atoms with Crippen LogP contribution in [0.25, 0.3) is 0 Å². The molecule has 1 atom stereocenters. The third-order valence-corrected chi connectivity index (χ3v) is 3.63. The molecule has 0 spiro atoms. The number of alkyl halides is 3. The van der Waals surface area contributed by atoms with Crippen molar-refractivity contribution in [2.75, 3.05) is 6.54 Å². The van der Waals surface area contributed by atoms with Crippen molar-refractivity contribution in [1.29, 1.82) is 0 Å². The third kappa shape index (κ3) is 5.50. The normalized spacial score (nSPS) is 13.9. The Bertz CT molecular complexity index is 336. The van der Waals surface area contributed by atoms with Crippen molar-refractivity contribution in [3.63, 3.8) is 0 Å². The Hall–Kier alpha value is -0.620. The van der Waals surface area contributed by atoms with Crippen LogP contribution in [0.15, 0.2) is 5.51 Å². The zero-order valence-electron chi connectivity index (χ0n) is 9.97. The summed E-state index contributed by atoms with van der Waals surface area (Å²) >= 11 is 1.57. The molecule has 0 aliphatic heterocycles. The number of unbranched alkanes of at least 4 members (excludes halogenated alkanes) is 1. The van der Waals surface area contributed by atoms with Crippen LogP contribution in [-0.2, 0) is 0 Å². The molecule has 1 heterocycles. The molecular weight excluding hydrogens is 249 g/mol. The maximum absolute atomic E-state index is 11.9. The fourth-order valence-electron chi connectivity index (χ4n) is 1.59. The van der Waals surface area contributed by atoms with Gasteiger partial charge in [0.25, 0.3) is 0 Å². The second-order valence-electron chi connectivity index (χ2n) is 4.05. The summed E-state index contributed by atoms with van der Waals surface area (Å²) in [4.78, 5) is 5.30. The average Bonchev–Trinajstić information content (AvgIpc) is 2.62. The molecule has 0 radical (unpaired) electrons. The molecule has 0 amide bonds. The summed E-state index contributed by atoms with van der Waals surface area (Å²) in [6.45, 7) is 4.55. The number of hydrogen-bond acceptors (Lipinski definition) is 3. The first kappa shape index (κ1) is 14.4. The van der Waals surface area contributed by atoms with E-state index in [1.807, 2.05) is 13.8 Å². The highest BCUT2D eigenvalue weighted by Crippen LogP contribution is 2.23. The van der Waals surface area contributed by atoms with Gasteiger partial charge in [0.1, 0.15) is 0 Å². The van der Waals surface area contributed by atoms with E-state index in [0.29, 0.717) is 13.0 Å². The van der Waals surface area contributed by atoms with E-state index >= 15 is 0 Å². The molecule has 0 fully saturated rings. The Kier molecular flexibility index (Phi) is 5.39. The Labute approximate surface area is 103 Å². The van der Waals surface area contributed by atoms with Crippen LogP contribution in [0.2, 0.25) is 0 Å². The topological polar surface area (TPSA) is 24.9 Å². The number of halogens is 3. The van der Waals surface area contributed by atoms with Crippen LogP contribution < -0.4 is 5.32 Å². The van der Waals surface area contributed by atoms with Crippen molar-refractivity contribution in [1.82, 2.24) is 10.3 Å². The number of hydrogen-bond donors (Lipinski definition) is 1. The van der Waals surface area contributed by atoms with Crippen LogP contribution in [0.5, 0.6) is 0 Å². The first-order valence-electron chi connectivity index (χ1n) is 5.60. The quantitative estimate of drug-likeness (QED) is 0.791. The van der Waals surface area contributed by atoms with E-state index in [2.05, 4.69) is 10.3 Å². The molecule has 2 nitrogen and oxygen atoms in total. The van der Waals surface area contributed by atoms with Gasteiger partial charge in [0.05, 0.1) is 11.2 Å². The van der Waals surface area contributed by atoms with Gasteiger partial charge in [0, 0.05) is 17.3 Å². The van der Waals surface area contributed by atoms with Crippen LogP contribution in [0, 0.1) is 6.92 Å². The first-order valence-corrected chi connectivity index (χ1v) is 6.48. The fraction of sp³-hybridized carbons (Fsp3) is 0.727. The number of rotatable bonds is 6. The molecule has 17 heavy (non-hydrogen) atoms. The van der Waals surface area contributed by atoms with Gasteiger partial charge in [-0.2, -0.15) is 13.2 Å². The van der Waals surface area contributed by atoms with Crippen molar-refractivity contribution in [2.45, 2.75) is 45.3 Å². The number of thiazole rings is 1. The maximum atomic E-state index is 11.9. The lowest BCUT2D eigenvalue weighted by Gasteiger charge is -2.13. The van der Waals surface area contributed by atoms with E-state index in [-0.39, 0.29) is 12.5 Å². The lowest BCUT2D eigenvalue weighted by molar-refractivity contribution is -0.135. The summed E-state index contributed by atoms with van der Waals surface area (Å²) < 4.78 is 35.7. The van der Waals surface area contributed by atoms with Crippen LogP contribution >= 0.6 is 11.3 Å². The molecule has 0 saturated carbocycles. The summed E-state index contributed by atoms with van der Waals surface area (Å²) in [7, 11) is 0. The Morgan fingerprint density at radius 2 is 2.12 bits per heavy atom. The average molecular weight is 266 g/mol. The van der Waals surface area contributed by atoms with E-state index in [4.69, 9.17) is 0 Å². The van der Waals surface area contributed by atoms with Gasteiger partial charge in [0.2, 0.25) is 0 Å². The van der Waals surface area contributed by atoms with Crippen LogP contribution in [-0.4, -0.2) is 17.7 Å². The largest absolute Gasteiger partial charge is 0.389 e. The highest BCUT2D eigenvalue weighted by Gasteiger charge is 2.25. The van der Waals surface area contributed by atoms with E-state index in [1.54, 1.807) is 16.8 Å². The predicted molar refractivity (Wildman–Crippen MR) is 63.2 cm³/mol. The monoisotopic (exact) mass is 266 g/mol. The summed E-state index contributed by atoms with van der Waals surface area (Å²) in [5, 5.41) is 3.22. The maximum Gasteiger partial charge on any atom is 0.389 e. The molecule has 6 heteroatoms. The summed E-state index contributed by atoms with van der Waals surface area (Å²) in [6, 6.07) is 0.161. The molecule has 0 saturated heterocycles. The molecule has 1 aromatic heterocycles. The molecule has 1 rings (SSSR count). The predicted octanol–water partition coefficient (Wildman–Crippen LogP) is 3.83. The van der Waals surface area contributed by atoms with Crippen molar-refractivity contribution in [2.24, 2.45) is 0 Å². The third-order valence-electron chi connectivity index (χ3n) is 2.51. The molecule has 98 valence electrons. The van der Waals surface area contributed by atoms with Crippen molar-refractivity contribution < 1.29 is 13.2 Å². The molecule has 1 N–H and O–H groups in total. The lowest BCUT2D eigenvalue weighted by atomic mass is 10.2. The summed E-state index contributed by atoms with van der Waals surface area (Å²) in [5.74, 6) is 0. The Balaban J connectivity index is 2.17. The summed E-state index contributed by atoms with van der Waals surface area (Å²) in [5.41, 5.74) is 2.78. The van der Waals surface area contributed by atoms with Crippen molar-refractivity contribution >= 4 is 11.3 Å². The number of aromatic nitrogens is 1. The Morgan fingerprint density at radius 1 is 1.41 bits per heavy atom. The lowest BCUT2D eigenvalue weighted by Crippen LogP contribution is -2.20. The van der Waals surface area contributed by atoms with Gasteiger partial charge in [-0.15, -0.1) is 11.3 Å². The fourth-order valence-corrected chi connectivity index (χ4v) is 2.42. The first-order chi connectivity index (χ1) is 7.90. The van der Waals surface area contributed by atoms with Gasteiger partial charge < -0.3 is 5.32 Å². The van der Waals surface area contributed by atoms with E-state index in [1.165, 1.54) is 0 Å². The van der Waals surface area contributed by atoms with Gasteiger partial charge in [-0.05, 0) is 33.2 Å². The highest BCUT2D eigenvalue weighted by atomic mass is 32.1. The molecular formula is C11H17F3N2S. The number of nitrogens with one attached hydrogen (secondary N) is 1. The summed E-state index contributed by atoms with van der Waals surface area (Å²) in [6.07, 6.45) is -3.99. The van der Waals surface area contributed by atoms with E-state index in [0.717, 1.165) is 10.6 Å². The zero-order chi connectivity index (χ0) is 12.9. The molecule has 0 aliphatic rings. The van der Waals surface area contributed by atoms with Crippen LogP contribution in [0.3, 0.4) is 0 Å². The second-order valence-corrected chi connectivity index (χ2v) is 4.94. The van der Waals surface area contributed by atoms with Crippen molar-refractivity contribution in [3.05, 3.63) is 16.1 Å². The minimum Gasteiger partial charge on any atom is -0.309 e. The van der Waals surface area contributed by atoms with Gasteiger partial charge >= 0.3 is 6.18 Å². The van der Waals surface area contributed by atoms with Crippen LogP contribution in [0.1, 0.15) is 42.8 Å². The van der Waals surface area contributed by atoms with Gasteiger partial charge in [-0.25, -0.2) is 4.98 Å². The molecule has 0 aliphatic carbocycles. The Morgan fingerprint density at radius 3 is 2.65 bits per heavy atom. The van der Waals surface area contributed by atoms with Crippen LogP contribution in [0.4, 0.5) is 13.2 Å². The minimum absolute atomic E-state index is 0.161. The van der Waals surface area contributed by atoms with Crippen molar-refractivity contribution in [3.8, 4) is 0 Å². The second kappa shape index (κ2) is 6.35. The zero-order valence-corrected chi connectivity index (χ0v) is 10.8.